The SMILES string of the molecule is COc1cc(OC)cc(-c2nnc(SCC(=O)c3cc(F)ccc3OC)o2)c1. The van der Waals surface area contributed by atoms with E-state index >= 15 is 0 Å². The van der Waals surface area contributed by atoms with Crippen LogP contribution in [0.4, 0.5) is 4.39 Å². The molecule has 0 atom stereocenters. The molecule has 2 aromatic carbocycles. The lowest BCUT2D eigenvalue weighted by Gasteiger charge is -2.06. The second kappa shape index (κ2) is 8.75. The molecule has 0 N–H and O–H groups in total. The van der Waals surface area contributed by atoms with Gasteiger partial charge in [0.1, 0.15) is 23.1 Å². The van der Waals surface area contributed by atoms with E-state index in [1.54, 1.807) is 32.4 Å². The van der Waals surface area contributed by atoms with E-state index in [-0.39, 0.29) is 28.2 Å². The van der Waals surface area contributed by atoms with Gasteiger partial charge in [0.05, 0.1) is 32.6 Å². The number of ketones is 1. The highest BCUT2D eigenvalue weighted by Crippen LogP contribution is 2.31. The summed E-state index contributed by atoms with van der Waals surface area (Å²) in [6, 6.07) is 8.97. The summed E-state index contributed by atoms with van der Waals surface area (Å²) in [5, 5.41) is 8.14. The van der Waals surface area contributed by atoms with Gasteiger partial charge in [-0.25, -0.2) is 4.39 Å². The molecular formula is C19H17FN2O5S. The highest BCUT2D eigenvalue weighted by Gasteiger charge is 2.17. The first-order valence-electron chi connectivity index (χ1n) is 8.10. The lowest BCUT2D eigenvalue weighted by Crippen LogP contribution is -2.05. The van der Waals surface area contributed by atoms with Crippen molar-refractivity contribution in [3.8, 4) is 28.7 Å². The number of Topliss-reactive ketones (excluding diaryl/α,β-unsaturated/α-hetero) is 1. The van der Waals surface area contributed by atoms with Crippen LogP contribution >= 0.6 is 11.8 Å². The number of hydrogen-bond acceptors (Lipinski definition) is 8. The van der Waals surface area contributed by atoms with E-state index in [0.717, 1.165) is 17.8 Å². The predicted molar refractivity (Wildman–Crippen MR) is 101 cm³/mol. The summed E-state index contributed by atoms with van der Waals surface area (Å²) >= 11 is 1.05. The first kappa shape index (κ1) is 19.7. The maximum Gasteiger partial charge on any atom is 0.277 e. The van der Waals surface area contributed by atoms with E-state index in [0.29, 0.717) is 22.8 Å². The summed E-state index contributed by atoms with van der Waals surface area (Å²) in [5.74, 6) is 0.885. The van der Waals surface area contributed by atoms with Crippen molar-refractivity contribution < 1.29 is 27.8 Å². The standard InChI is InChI=1S/C19H17FN2O5S/c1-24-13-6-11(7-14(9-13)25-2)18-21-22-19(27-18)28-10-16(23)15-8-12(20)4-5-17(15)26-3/h4-9H,10H2,1-3H3. The summed E-state index contributed by atoms with van der Waals surface area (Å²) in [6.07, 6.45) is 0. The minimum absolute atomic E-state index is 0.0110. The Kier molecular flexibility index (Phi) is 6.15. The summed E-state index contributed by atoms with van der Waals surface area (Å²) in [7, 11) is 4.50. The lowest BCUT2D eigenvalue weighted by atomic mass is 10.1. The summed E-state index contributed by atoms with van der Waals surface area (Å²) < 4.78 is 34.6. The smallest absolute Gasteiger partial charge is 0.277 e. The lowest BCUT2D eigenvalue weighted by molar-refractivity contribution is 0.101. The number of ether oxygens (including phenoxy) is 3. The van der Waals surface area contributed by atoms with E-state index in [2.05, 4.69) is 10.2 Å². The van der Waals surface area contributed by atoms with Crippen molar-refractivity contribution in [3.63, 3.8) is 0 Å². The average Bonchev–Trinajstić information content (AvgIpc) is 3.20. The highest BCUT2D eigenvalue weighted by atomic mass is 32.2. The Morgan fingerprint density at radius 3 is 2.39 bits per heavy atom. The predicted octanol–water partition coefficient (Wildman–Crippen LogP) is 3.88. The molecule has 0 saturated carbocycles. The van der Waals surface area contributed by atoms with Gasteiger partial charge in [0.25, 0.3) is 5.22 Å². The Balaban J connectivity index is 1.74. The fourth-order valence-electron chi connectivity index (χ4n) is 2.42. The quantitative estimate of drug-likeness (QED) is 0.413. The molecule has 0 fully saturated rings. The molecule has 0 aliphatic carbocycles. The van der Waals surface area contributed by atoms with Gasteiger partial charge >= 0.3 is 0 Å². The fraction of sp³-hybridized carbons (Fsp3) is 0.211. The molecule has 9 heteroatoms. The van der Waals surface area contributed by atoms with Crippen LogP contribution in [0.25, 0.3) is 11.5 Å². The van der Waals surface area contributed by atoms with Crippen LogP contribution in [-0.2, 0) is 0 Å². The number of rotatable bonds is 8. The number of nitrogens with zero attached hydrogens (tertiary/aromatic N) is 2. The molecule has 0 aliphatic rings. The number of halogens is 1. The minimum atomic E-state index is -0.513. The van der Waals surface area contributed by atoms with Gasteiger partial charge in [-0.2, -0.15) is 0 Å². The Bertz CT molecular complexity index is 970. The Labute approximate surface area is 164 Å². The van der Waals surface area contributed by atoms with Gasteiger partial charge < -0.3 is 18.6 Å². The van der Waals surface area contributed by atoms with E-state index in [4.69, 9.17) is 18.6 Å². The number of methoxy groups -OCH3 is 3. The van der Waals surface area contributed by atoms with Crippen molar-refractivity contribution in [2.24, 2.45) is 0 Å². The maximum absolute atomic E-state index is 13.4. The normalized spacial score (nSPS) is 10.6. The van der Waals surface area contributed by atoms with Gasteiger partial charge in [-0.05, 0) is 30.3 Å². The van der Waals surface area contributed by atoms with E-state index in [9.17, 15) is 9.18 Å². The summed E-state index contributed by atoms with van der Waals surface area (Å²) in [4.78, 5) is 12.4. The number of carbonyl (C=O) groups is 1. The molecule has 0 saturated heterocycles. The molecule has 1 heterocycles. The topological polar surface area (TPSA) is 83.7 Å². The molecule has 28 heavy (non-hydrogen) atoms. The zero-order valence-corrected chi connectivity index (χ0v) is 16.2. The third-order valence-electron chi connectivity index (χ3n) is 3.79. The van der Waals surface area contributed by atoms with Crippen molar-refractivity contribution in [3.05, 3.63) is 47.8 Å². The van der Waals surface area contributed by atoms with Crippen LogP contribution in [0.1, 0.15) is 10.4 Å². The Morgan fingerprint density at radius 1 is 1.04 bits per heavy atom. The molecular weight excluding hydrogens is 387 g/mol. The number of thioether (sulfide) groups is 1. The molecule has 3 aromatic rings. The number of hydrogen-bond donors (Lipinski definition) is 0. The number of benzene rings is 2. The largest absolute Gasteiger partial charge is 0.497 e. The van der Waals surface area contributed by atoms with Crippen LogP contribution in [0.5, 0.6) is 17.2 Å². The third-order valence-corrected chi connectivity index (χ3v) is 4.61. The van der Waals surface area contributed by atoms with Crippen LogP contribution in [0, 0.1) is 5.82 Å². The molecule has 3 rings (SSSR count). The Morgan fingerprint density at radius 2 is 1.75 bits per heavy atom. The first-order chi connectivity index (χ1) is 13.5. The van der Waals surface area contributed by atoms with E-state index in [1.807, 2.05) is 0 Å². The molecule has 0 amide bonds. The van der Waals surface area contributed by atoms with E-state index in [1.165, 1.54) is 19.2 Å². The van der Waals surface area contributed by atoms with Crippen LogP contribution < -0.4 is 14.2 Å². The monoisotopic (exact) mass is 404 g/mol. The molecule has 0 unspecified atom stereocenters. The van der Waals surface area contributed by atoms with Gasteiger partial charge in [0.15, 0.2) is 5.78 Å². The Hall–Kier alpha value is -3.07. The van der Waals surface area contributed by atoms with Crippen molar-refractivity contribution >= 4 is 17.5 Å². The molecule has 1 aromatic heterocycles. The zero-order valence-electron chi connectivity index (χ0n) is 15.4. The van der Waals surface area contributed by atoms with Crippen LogP contribution in [0.3, 0.4) is 0 Å². The van der Waals surface area contributed by atoms with Gasteiger partial charge in [0.2, 0.25) is 5.89 Å². The van der Waals surface area contributed by atoms with Crippen molar-refractivity contribution in [1.82, 2.24) is 10.2 Å². The van der Waals surface area contributed by atoms with E-state index < -0.39 is 5.82 Å². The first-order valence-corrected chi connectivity index (χ1v) is 9.09. The molecule has 0 bridgehead atoms. The molecule has 0 radical (unpaired) electrons. The van der Waals surface area contributed by atoms with Crippen molar-refractivity contribution in [2.75, 3.05) is 27.1 Å². The molecule has 0 aliphatic heterocycles. The minimum Gasteiger partial charge on any atom is -0.497 e. The number of carbonyl (C=O) groups excluding carboxylic acids is 1. The average molecular weight is 404 g/mol. The van der Waals surface area contributed by atoms with Crippen molar-refractivity contribution in [2.45, 2.75) is 5.22 Å². The fourth-order valence-corrected chi connectivity index (χ4v) is 3.07. The van der Waals surface area contributed by atoms with Gasteiger partial charge in [-0.15, -0.1) is 10.2 Å². The van der Waals surface area contributed by atoms with Gasteiger partial charge in [-0.1, -0.05) is 11.8 Å². The van der Waals surface area contributed by atoms with Crippen LogP contribution in [0.2, 0.25) is 0 Å². The third kappa shape index (κ3) is 4.42. The summed E-state index contributed by atoms with van der Waals surface area (Å²) in [5.41, 5.74) is 0.779. The van der Waals surface area contributed by atoms with Crippen molar-refractivity contribution in [1.29, 1.82) is 0 Å². The second-order valence-corrected chi connectivity index (χ2v) is 6.46. The van der Waals surface area contributed by atoms with Crippen LogP contribution in [0.15, 0.2) is 46.0 Å². The van der Waals surface area contributed by atoms with Crippen LogP contribution in [-0.4, -0.2) is 43.1 Å². The molecule has 0 spiro atoms. The van der Waals surface area contributed by atoms with Gasteiger partial charge in [-0.3, -0.25) is 4.79 Å². The maximum atomic E-state index is 13.4. The molecule has 146 valence electrons. The molecule has 7 nitrogen and oxygen atoms in total. The second-order valence-electron chi connectivity index (χ2n) is 5.53. The summed E-state index contributed by atoms with van der Waals surface area (Å²) in [6.45, 7) is 0. The zero-order chi connectivity index (χ0) is 20.1. The number of aromatic nitrogens is 2. The van der Waals surface area contributed by atoms with Gasteiger partial charge in [0, 0.05) is 11.6 Å². The highest BCUT2D eigenvalue weighted by molar-refractivity contribution is 7.99.